The summed E-state index contributed by atoms with van der Waals surface area (Å²) < 4.78 is 12.4. The van der Waals surface area contributed by atoms with Crippen molar-refractivity contribution < 1.29 is 19.1 Å². The number of nitrogens with one attached hydrogen (secondary N) is 3. The Hall–Kier alpha value is -4.75. The lowest BCUT2D eigenvalue weighted by Gasteiger charge is -2.15. The molecule has 1 heterocycles. The normalized spacial score (nSPS) is 10.9. The summed E-state index contributed by atoms with van der Waals surface area (Å²) in [7, 11) is 0. The van der Waals surface area contributed by atoms with Crippen LogP contribution in [0.25, 0.3) is 11.3 Å². The minimum Gasteiger partial charge on any atom is -0.490 e. The van der Waals surface area contributed by atoms with Gasteiger partial charge in [-0.3, -0.25) is 9.59 Å². The lowest BCUT2D eigenvalue weighted by molar-refractivity contribution is -0.118. The molecular formula is C36H34IN5O4S. The highest BCUT2D eigenvalue weighted by Gasteiger charge is 2.15. The van der Waals surface area contributed by atoms with Gasteiger partial charge in [0.25, 0.3) is 11.8 Å². The van der Waals surface area contributed by atoms with Crippen LogP contribution in [-0.2, 0) is 4.79 Å². The van der Waals surface area contributed by atoms with Crippen molar-refractivity contribution in [3.8, 4) is 22.8 Å². The number of nitrogens with zero attached hydrogens (tertiary/aromatic N) is 2. The molecule has 2 amide bonds. The molecule has 0 aliphatic heterocycles. The summed E-state index contributed by atoms with van der Waals surface area (Å²) in [5.74, 6) is 0.310. The first-order chi connectivity index (χ1) is 22.7. The Kier molecular flexibility index (Phi) is 11.2. The van der Waals surface area contributed by atoms with Crippen LogP contribution in [0.1, 0.15) is 39.5 Å². The fraction of sp³-hybridized carbons (Fsp3) is 0.167. The summed E-state index contributed by atoms with van der Waals surface area (Å²) in [6, 6.07) is 24.7. The molecule has 240 valence electrons. The van der Waals surface area contributed by atoms with Gasteiger partial charge in [0, 0.05) is 27.9 Å². The second-order valence-electron chi connectivity index (χ2n) is 10.7. The molecule has 4 aromatic carbocycles. The second kappa shape index (κ2) is 15.7. The third-order valence-corrected chi connectivity index (χ3v) is 8.66. The number of hydrazone groups is 1. The molecule has 1 aromatic heterocycles. The van der Waals surface area contributed by atoms with Crippen LogP contribution in [0.3, 0.4) is 0 Å². The van der Waals surface area contributed by atoms with E-state index in [2.05, 4.69) is 55.7 Å². The van der Waals surface area contributed by atoms with Crippen molar-refractivity contribution in [1.29, 1.82) is 0 Å². The van der Waals surface area contributed by atoms with Gasteiger partial charge in [-0.1, -0.05) is 35.9 Å². The number of hydrogen-bond donors (Lipinski definition) is 3. The summed E-state index contributed by atoms with van der Waals surface area (Å²) in [6.07, 6.45) is 1.53. The van der Waals surface area contributed by atoms with Crippen molar-refractivity contribution in [3.05, 3.63) is 116 Å². The first-order valence-electron chi connectivity index (χ1n) is 14.9. The molecule has 0 fully saturated rings. The van der Waals surface area contributed by atoms with Crippen molar-refractivity contribution in [2.45, 2.75) is 27.7 Å². The fourth-order valence-corrected chi connectivity index (χ4v) is 5.99. The average molecular weight is 760 g/mol. The number of benzene rings is 4. The topological polar surface area (TPSA) is 114 Å². The van der Waals surface area contributed by atoms with Gasteiger partial charge in [0.1, 0.15) is 0 Å². The highest BCUT2D eigenvalue weighted by Crippen LogP contribution is 2.34. The molecule has 9 nitrogen and oxygen atoms in total. The van der Waals surface area contributed by atoms with Gasteiger partial charge in [-0.05, 0) is 116 Å². The van der Waals surface area contributed by atoms with Gasteiger partial charge in [-0.15, -0.1) is 11.3 Å². The lowest BCUT2D eigenvalue weighted by atomic mass is 10.1. The predicted octanol–water partition coefficient (Wildman–Crippen LogP) is 8.26. The minimum absolute atomic E-state index is 0.181. The van der Waals surface area contributed by atoms with E-state index < -0.39 is 0 Å². The molecule has 0 aliphatic rings. The fourth-order valence-electron chi connectivity index (χ4n) is 4.47. The maximum Gasteiger partial charge on any atom is 0.271 e. The largest absolute Gasteiger partial charge is 0.490 e. The average Bonchev–Trinajstić information content (AvgIpc) is 3.52. The molecule has 0 spiro atoms. The van der Waals surface area contributed by atoms with Crippen LogP contribution in [0.5, 0.6) is 11.5 Å². The standard InChI is InChI=1S/C36H34IN5O4S/c1-5-45-32-18-25(17-30(37)34(32)46-20-33(43)39-29-15-8-23(3)24(4)16-29)19-38-42-35(44)27-11-9-26(10-12-27)31-21-47-36(41-31)40-28-13-6-22(2)7-14-28/h6-19,21H,5,20H2,1-4H3,(H,39,43)(H,40,41)(H,42,44)/b38-19+. The molecule has 0 radical (unpaired) electrons. The van der Waals surface area contributed by atoms with Crippen LogP contribution in [-0.4, -0.2) is 36.2 Å². The van der Waals surface area contributed by atoms with Crippen molar-refractivity contribution in [2.75, 3.05) is 23.8 Å². The first-order valence-corrected chi connectivity index (χ1v) is 16.8. The Morgan fingerprint density at radius 2 is 1.66 bits per heavy atom. The zero-order chi connectivity index (χ0) is 33.3. The van der Waals surface area contributed by atoms with Gasteiger partial charge in [-0.2, -0.15) is 5.10 Å². The molecular weight excluding hydrogens is 725 g/mol. The number of carbonyl (C=O) groups is 2. The van der Waals surface area contributed by atoms with Crippen LogP contribution in [0.2, 0.25) is 0 Å². The zero-order valence-electron chi connectivity index (χ0n) is 26.4. The van der Waals surface area contributed by atoms with E-state index >= 15 is 0 Å². The highest BCUT2D eigenvalue weighted by atomic mass is 127. The van der Waals surface area contributed by atoms with Gasteiger partial charge < -0.3 is 20.1 Å². The van der Waals surface area contributed by atoms with E-state index in [4.69, 9.17) is 9.47 Å². The Morgan fingerprint density at radius 3 is 2.38 bits per heavy atom. The van der Waals surface area contributed by atoms with Gasteiger partial charge in [0.2, 0.25) is 0 Å². The molecule has 47 heavy (non-hydrogen) atoms. The van der Waals surface area contributed by atoms with Crippen molar-refractivity contribution in [2.24, 2.45) is 5.10 Å². The van der Waals surface area contributed by atoms with Crippen LogP contribution >= 0.6 is 33.9 Å². The molecule has 0 saturated heterocycles. The van der Waals surface area contributed by atoms with Crippen LogP contribution in [0.15, 0.2) is 89.3 Å². The van der Waals surface area contributed by atoms with E-state index in [1.807, 2.05) is 86.8 Å². The van der Waals surface area contributed by atoms with Crippen LogP contribution in [0, 0.1) is 24.3 Å². The number of ether oxygens (including phenoxy) is 2. The van der Waals surface area contributed by atoms with E-state index in [9.17, 15) is 9.59 Å². The van der Waals surface area contributed by atoms with E-state index in [1.165, 1.54) is 23.1 Å². The molecule has 5 aromatic rings. The van der Waals surface area contributed by atoms with Crippen molar-refractivity contribution in [1.82, 2.24) is 10.4 Å². The number of thiazole rings is 1. The zero-order valence-corrected chi connectivity index (χ0v) is 29.4. The monoisotopic (exact) mass is 759 g/mol. The summed E-state index contributed by atoms with van der Waals surface area (Å²) >= 11 is 3.64. The number of aryl methyl sites for hydroxylation is 3. The SMILES string of the molecule is CCOc1cc(/C=N/NC(=O)c2ccc(-c3csc(Nc4ccc(C)cc4)n3)cc2)cc(I)c1OCC(=O)Nc1ccc(C)c(C)c1. The number of halogens is 1. The third kappa shape index (κ3) is 9.17. The number of hydrogen-bond acceptors (Lipinski definition) is 8. The number of carbonyl (C=O) groups excluding carboxylic acids is 2. The van der Waals surface area contributed by atoms with E-state index in [1.54, 1.807) is 18.2 Å². The molecule has 3 N–H and O–H groups in total. The molecule has 0 aliphatic carbocycles. The van der Waals surface area contributed by atoms with Crippen molar-refractivity contribution >= 4 is 68.5 Å². The van der Waals surface area contributed by atoms with Gasteiger partial charge >= 0.3 is 0 Å². The molecule has 0 saturated carbocycles. The molecule has 11 heteroatoms. The Morgan fingerprint density at radius 1 is 0.915 bits per heavy atom. The maximum atomic E-state index is 12.8. The highest BCUT2D eigenvalue weighted by molar-refractivity contribution is 14.1. The van der Waals surface area contributed by atoms with E-state index in [-0.39, 0.29) is 18.4 Å². The summed E-state index contributed by atoms with van der Waals surface area (Å²) in [5, 5.41) is 13.1. The quantitative estimate of drug-likeness (QED) is 0.0671. The Labute approximate surface area is 291 Å². The van der Waals surface area contributed by atoms with Gasteiger partial charge in [-0.25, -0.2) is 10.4 Å². The Bertz CT molecular complexity index is 1910. The summed E-state index contributed by atoms with van der Waals surface area (Å²) in [6.45, 7) is 8.16. The molecule has 0 atom stereocenters. The molecule has 0 unspecified atom stereocenters. The summed E-state index contributed by atoms with van der Waals surface area (Å²) in [4.78, 5) is 30.0. The van der Waals surface area contributed by atoms with Crippen molar-refractivity contribution in [3.63, 3.8) is 0 Å². The van der Waals surface area contributed by atoms with Crippen LogP contribution in [0.4, 0.5) is 16.5 Å². The van der Waals surface area contributed by atoms with E-state index in [0.717, 1.165) is 36.8 Å². The van der Waals surface area contributed by atoms with Gasteiger partial charge in [0.15, 0.2) is 23.2 Å². The van der Waals surface area contributed by atoms with Crippen LogP contribution < -0.4 is 25.5 Å². The Balaban J connectivity index is 1.17. The molecule has 5 rings (SSSR count). The number of anilines is 3. The minimum atomic E-state index is -0.345. The first kappa shape index (κ1) is 33.6. The lowest BCUT2D eigenvalue weighted by Crippen LogP contribution is -2.21. The molecule has 0 bridgehead atoms. The predicted molar refractivity (Wildman–Crippen MR) is 197 cm³/mol. The van der Waals surface area contributed by atoms with Gasteiger partial charge in [0.05, 0.1) is 22.1 Å². The van der Waals surface area contributed by atoms with E-state index in [0.29, 0.717) is 34.9 Å². The number of rotatable bonds is 12. The summed E-state index contributed by atoms with van der Waals surface area (Å²) in [5.41, 5.74) is 10.6. The number of aromatic nitrogens is 1. The smallest absolute Gasteiger partial charge is 0.271 e. The number of amides is 2. The second-order valence-corrected chi connectivity index (χ2v) is 12.7. The third-order valence-electron chi connectivity index (χ3n) is 7.10. The maximum absolute atomic E-state index is 12.8.